The number of H-pyrrole nitrogens is 1. The van der Waals surface area contributed by atoms with Crippen LogP contribution in [0.1, 0.15) is 0 Å². The predicted octanol–water partition coefficient (Wildman–Crippen LogP) is 12.1. The minimum Gasteiger partial charge on any atom is -0.354 e. The van der Waals surface area contributed by atoms with E-state index in [0.717, 1.165) is 44.4 Å². The second-order valence-corrected chi connectivity index (χ2v) is 13.2. The molecule has 0 aliphatic rings. The molecule has 49 heavy (non-hydrogen) atoms. The smallest absolute Gasteiger partial charge is 0.223 e. The van der Waals surface area contributed by atoms with E-state index in [1.54, 1.807) is 0 Å². The van der Waals surface area contributed by atoms with Gasteiger partial charge in [-0.05, 0) is 82.4 Å². The Labute approximate surface area is 285 Å². The Bertz CT molecular complexity index is 3120. The van der Waals surface area contributed by atoms with Crippen LogP contribution in [0, 0.1) is 0 Å². The molecule has 4 heterocycles. The largest absolute Gasteiger partial charge is 0.354 e. The molecule has 4 aromatic heterocycles. The van der Waals surface area contributed by atoms with Crippen molar-refractivity contribution in [2.45, 2.75) is 0 Å². The number of nitrogens with one attached hydrogen (secondary N) is 1. The fraction of sp³-hybridized carbons (Fsp3) is 0. The van der Waals surface area contributed by atoms with Gasteiger partial charge in [-0.15, -0.1) is 0 Å². The highest BCUT2D eigenvalue weighted by atomic mass is 35.5. The highest BCUT2D eigenvalue weighted by Gasteiger charge is 2.21. The minimum absolute atomic E-state index is 0.248. The molecule has 228 valence electrons. The van der Waals surface area contributed by atoms with Gasteiger partial charge >= 0.3 is 0 Å². The number of halogens is 1. The van der Waals surface area contributed by atoms with Crippen molar-refractivity contribution in [2.75, 3.05) is 0 Å². The number of hydrogen-bond donors (Lipinski definition) is 1. The van der Waals surface area contributed by atoms with E-state index in [0.29, 0.717) is 0 Å². The van der Waals surface area contributed by atoms with Gasteiger partial charge in [0, 0.05) is 48.8 Å². The van der Waals surface area contributed by atoms with Gasteiger partial charge in [0.1, 0.15) is 0 Å². The maximum Gasteiger partial charge on any atom is 0.223 e. The summed E-state index contributed by atoms with van der Waals surface area (Å²) in [6, 6.07) is 52.0. The first-order valence-electron chi connectivity index (χ1n) is 16.4. The lowest BCUT2D eigenvalue weighted by atomic mass is 9.96. The summed E-state index contributed by atoms with van der Waals surface area (Å²) in [4.78, 5) is 13.0. The molecule has 0 saturated carbocycles. The summed E-state index contributed by atoms with van der Waals surface area (Å²) in [5.41, 5.74) is 13.4. The van der Waals surface area contributed by atoms with Crippen LogP contribution in [0.25, 0.3) is 104 Å². The van der Waals surface area contributed by atoms with Crippen LogP contribution in [0.4, 0.5) is 0 Å². The molecule has 0 aliphatic carbocycles. The van der Waals surface area contributed by atoms with Crippen molar-refractivity contribution < 1.29 is 0 Å². The molecule has 11 aromatic rings. The molecule has 0 radical (unpaired) electrons. The van der Waals surface area contributed by atoms with E-state index < -0.39 is 0 Å². The summed E-state index contributed by atoms with van der Waals surface area (Å²) < 4.78 is 2.44. The van der Waals surface area contributed by atoms with Crippen LogP contribution in [0.5, 0.6) is 0 Å². The van der Waals surface area contributed by atoms with Crippen LogP contribution in [0.15, 0.2) is 146 Å². The molecule has 0 saturated heterocycles. The first kappa shape index (κ1) is 26.8. The maximum atomic E-state index is 6.35. The van der Waals surface area contributed by atoms with Crippen molar-refractivity contribution in [3.8, 4) is 33.5 Å². The highest BCUT2D eigenvalue weighted by Crippen LogP contribution is 2.45. The first-order chi connectivity index (χ1) is 24.2. The molecule has 7 aromatic carbocycles. The summed E-state index contributed by atoms with van der Waals surface area (Å²) in [5.74, 6) is 0. The zero-order valence-electron chi connectivity index (χ0n) is 26.1. The van der Waals surface area contributed by atoms with Crippen molar-refractivity contribution in [3.63, 3.8) is 0 Å². The van der Waals surface area contributed by atoms with Gasteiger partial charge in [-0.3, -0.25) is 0 Å². The average molecular weight is 645 g/mol. The molecule has 0 amide bonds. The third-order valence-corrected chi connectivity index (χ3v) is 10.4. The van der Waals surface area contributed by atoms with E-state index >= 15 is 0 Å². The SMILES string of the molecule is Clc1nc(-c2ccccc2)c2cc(-c3cccc(-c4ccc5[nH]c6c(cc7c8ccccc8n8c9ccccc9c6c78)c5c4)c3)ccc2n1. The summed E-state index contributed by atoms with van der Waals surface area (Å²) in [6.45, 7) is 0. The Morgan fingerprint density at radius 3 is 1.94 bits per heavy atom. The number of fused-ring (bicyclic) bond motifs is 11. The monoisotopic (exact) mass is 644 g/mol. The van der Waals surface area contributed by atoms with E-state index in [4.69, 9.17) is 11.6 Å². The van der Waals surface area contributed by atoms with Crippen LogP contribution in [-0.4, -0.2) is 19.4 Å². The number of para-hydroxylation sites is 2. The Balaban J connectivity index is 1.10. The van der Waals surface area contributed by atoms with E-state index in [1.165, 1.54) is 59.9 Å². The number of rotatable bonds is 3. The van der Waals surface area contributed by atoms with Crippen LogP contribution < -0.4 is 0 Å². The van der Waals surface area contributed by atoms with Gasteiger partial charge in [0.25, 0.3) is 0 Å². The summed E-state index contributed by atoms with van der Waals surface area (Å²) in [5, 5.41) is 8.83. The Kier molecular flexibility index (Phi) is 5.41. The molecule has 0 unspecified atom stereocenters. The molecule has 4 nitrogen and oxygen atoms in total. The molecule has 0 fully saturated rings. The molecule has 0 aliphatic heterocycles. The van der Waals surface area contributed by atoms with Gasteiger partial charge in [-0.25, -0.2) is 9.97 Å². The predicted molar refractivity (Wildman–Crippen MR) is 205 cm³/mol. The zero-order chi connectivity index (χ0) is 32.2. The van der Waals surface area contributed by atoms with Gasteiger partial charge in [-0.2, -0.15) is 0 Å². The van der Waals surface area contributed by atoms with Crippen LogP contribution in [0.2, 0.25) is 5.28 Å². The fourth-order valence-electron chi connectivity index (χ4n) is 8.03. The Morgan fingerprint density at radius 2 is 1.12 bits per heavy atom. The molecular weight excluding hydrogens is 620 g/mol. The summed E-state index contributed by atoms with van der Waals surface area (Å²) >= 11 is 6.35. The highest BCUT2D eigenvalue weighted by molar-refractivity contribution is 6.33. The van der Waals surface area contributed by atoms with Crippen LogP contribution >= 0.6 is 11.6 Å². The number of aromatic nitrogens is 4. The van der Waals surface area contributed by atoms with Crippen LogP contribution in [0.3, 0.4) is 0 Å². The Hall–Kier alpha value is -6.23. The summed E-state index contributed by atoms with van der Waals surface area (Å²) in [7, 11) is 0. The lowest BCUT2D eigenvalue weighted by Gasteiger charge is -2.10. The number of benzene rings is 7. The molecule has 0 bridgehead atoms. The van der Waals surface area contributed by atoms with Crippen molar-refractivity contribution in [2.24, 2.45) is 0 Å². The minimum atomic E-state index is 0.248. The molecule has 0 spiro atoms. The zero-order valence-corrected chi connectivity index (χ0v) is 26.8. The quantitative estimate of drug-likeness (QED) is 0.194. The molecule has 11 rings (SSSR count). The normalized spacial score (nSPS) is 12.2. The van der Waals surface area contributed by atoms with Crippen LogP contribution in [-0.2, 0) is 0 Å². The molecular formula is C44H25ClN4. The second kappa shape index (κ2) is 9.89. The lowest BCUT2D eigenvalue weighted by Crippen LogP contribution is -1.92. The van der Waals surface area contributed by atoms with E-state index in [9.17, 15) is 0 Å². The second-order valence-electron chi connectivity index (χ2n) is 12.8. The topological polar surface area (TPSA) is 46.0 Å². The van der Waals surface area contributed by atoms with Gasteiger partial charge < -0.3 is 9.38 Å². The van der Waals surface area contributed by atoms with Crippen molar-refractivity contribution in [1.29, 1.82) is 0 Å². The number of aromatic amines is 1. The van der Waals surface area contributed by atoms with E-state index in [2.05, 4.69) is 141 Å². The summed E-state index contributed by atoms with van der Waals surface area (Å²) in [6.07, 6.45) is 0. The molecule has 0 atom stereocenters. The number of hydrogen-bond acceptors (Lipinski definition) is 2. The third kappa shape index (κ3) is 3.80. The van der Waals surface area contributed by atoms with E-state index in [-0.39, 0.29) is 5.28 Å². The van der Waals surface area contributed by atoms with Crippen molar-refractivity contribution in [1.82, 2.24) is 19.4 Å². The molecule has 5 heteroatoms. The van der Waals surface area contributed by atoms with Crippen molar-refractivity contribution >= 4 is 82.4 Å². The first-order valence-corrected chi connectivity index (χ1v) is 16.8. The Morgan fingerprint density at radius 1 is 0.469 bits per heavy atom. The fourth-order valence-corrected chi connectivity index (χ4v) is 8.20. The number of nitrogens with zero attached hydrogens (tertiary/aromatic N) is 3. The van der Waals surface area contributed by atoms with Gasteiger partial charge in [-0.1, -0.05) is 97.1 Å². The molecule has 1 N–H and O–H groups in total. The van der Waals surface area contributed by atoms with Gasteiger partial charge in [0.15, 0.2) is 0 Å². The average Bonchev–Trinajstić information content (AvgIpc) is 3.81. The standard InChI is InChI=1S/C44H25ClN4/c45-44-47-37-20-18-29(23-35(37)41(48-44)25-9-2-1-3-10-25)27-12-8-11-26(21-27)28-17-19-36-32(22-28)33-24-34-30-13-4-6-15-38(30)49-39-16-7-5-14-31(39)40(43(34)49)42(33)46-36/h1-24,46H. The van der Waals surface area contributed by atoms with Gasteiger partial charge in [0.2, 0.25) is 5.28 Å². The van der Waals surface area contributed by atoms with Gasteiger partial charge in [0.05, 0.1) is 33.3 Å². The van der Waals surface area contributed by atoms with Crippen molar-refractivity contribution in [3.05, 3.63) is 151 Å². The van der Waals surface area contributed by atoms with E-state index in [1.807, 2.05) is 24.3 Å². The lowest BCUT2D eigenvalue weighted by molar-refractivity contribution is 1.22. The maximum absolute atomic E-state index is 6.35. The third-order valence-electron chi connectivity index (χ3n) is 10.2.